The average molecular weight is 276 g/mol. The zero-order valence-electron chi connectivity index (χ0n) is 12.6. The predicted octanol–water partition coefficient (Wildman–Crippen LogP) is 4.65. The van der Waals surface area contributed by atoms with Crippen LogP contribution in [0.15, 0.2) is 48.8 Å². The number of para-hydroxylation sites is 1. The van der Waals surface area contributed by atoms with Crippen molar-refractivity contribution in [3.63, 3.8) is 0 Å². The van der Waals surface area contributed by atoms with Gasteiger partial charge in [-0.05, 0) is 61.3 Å². The third kappa shape index (κ3) is 2.06. The summed E-state index contributed by atoms with van der Waals surface area (Å²) < 4.78 is 2.46. The number of aryl methyl sites for hydroxylation is 2. The Morgan fingerprint density at radius 2 is 1.86 bits per heavy atom. The van der Waals surface area contributed by atoms with Gasteiger partial charge in [0.05, 0.1) is 17.3 Å². The van der Waals surface area contributed by atoms with Crippen LogP contribution >= 0.6 is 0 Å². The Labute approximate surface area is 125 Å². The number of aromatic nitrogens is 2. The summed E-state index contributed by atoms with van der Waals surface area (Å²) in [6, 6.07) is 13.4. The molecule has 3 aromatic rings. The van der Waals surface area contributed by atoms with Crippen molar-refractivity contribution in [2.75, 3.05) is 0 Å². The van der Waals surface area contributed by atoms with Gasteiger partial charge in [0, 0.05) is 12.4 Å². The van der Waals surface area contributed by atoms with Crippen LogP contribution in [0.4, 0.5) is 0 Å². The number of fused-ring (bicyclic) bond motifs is 1. The van der Waals surface area contributed by atoms with Crippen LogP contribution in [0.5, 0.6) is 0 Å². The summed E-state index contributed by atoms with van der Waals surface area (Å²) in [7, 11) is 0. The summed E-state index contributed by atoms with van der Waals surface area (Å²) in [5, 5.41) is 1.33. The maximum Gasteiger partial charge on any atom is 0.0788 e. The second-order valence-corrected chi connectivity index (χ2v) is 6.22. The van der Waals surface area contributed by atoms with E-state index in [4.69, 9.17) is 4.98 Å². The van der Waals surface area contributed by atoms with Crippen LogP contribution in [0, 0.1) is 19.8 Å². The molecule has 0 aliphatic heterocycles. The Morgan fingerprint density at radius 1 is 1.05 bits per heavy atom. The van der Waals surface area contributed by atoms with Crippen molar-refractivity contribution >= 4 is 10.9 Å². The largest absolute Gasteiger partial charge is 0.338 e. The molecule has 2 nitrogen and oxygen atoms in total. The van der Waals surface area contributed by atoms with E-state index in [9.17, 15) is 0 Å². The van der Waals surface area contributed by atoms with E-state index in [1.54, 1.807) is 0 Å². The molecule has 106 valence electrons. The van der Waals surface area contributed by atoms with Gasteiger partial charge in [0.1, 0.15) is 0 Å². The van der Waals surface area contributed by atoms with E-state index in [0.717, 1.165) is 5.92 Å². The first-order valence-electron chi connectivity index (χ1n) is 7.73. The minimum atomic E-state index is 0.379. The van der Waals surface area contributed by atoms with Crippen molar-refractivity contribution in [1.82, 2.24) is 9.55 Å². The molecule has 0 saturated heterocycles. The first-order valence-corrected chi connectivity index (χ1v) is 7.73. The van der Waals surface area contributed by atoms with Crippen molar-refractivity contribution in [2.24, 2.45) is 5.92 Å². The fourth-order valence-electron chi connectivity index (χ4n) is 3.44. The fraction of sp³-hybridized carbons (Fsp3) is 0.316. The van der Waals surface area contributed by atoms with Crippen molar-refractivity contribution in [3.8, 4) is 0 Å². The molecule has 2 heteroatoms. The summed E-state index contributed by atoms with van der Waals surface area (Å²) in [5.41, 5.74) is 5.24. The number of nitrogens with zero attached hydrogens (tertiary/aromatic N) is 2. The maximum absolute atomic E-state index is 4.71. The van der Waals surface area contributed by atoms with Gasteiger partial charge in [-0.3, -0.25) is 4.98 Å². The molecule has 21 heavy (non-hydrogen) atoms. The van der Waals surface area contributed by atoms with E-state index in [1.165, 1.54) is 40.6 Å². The third-order valence-corrected chi connectivity index (χ3v) is 4.64. The molecule has 0 unspecified atom stereocenters. The van der Waals surface area contributed by atoms with Crippen molar-refractivity contribution in [3.05, 3.63) is 65.6 Å². The predicted molar refractivity (Wildman–Crippen MR) is 86.5 cm³/mol. The zero-order valence-corrected chi connectivity index (χ0v) is 12.6. The molecule has 1 aliphatic carbocycles. The Hall–Kier alpha value is -2.09. The average Bonchev–Trinajstić information content (AvgIpc) is 3.22. The van der Waals surface area contributed by atoms with Crippen molar-refractivity contribution in [1.29, 1.82) is 0 Å². The Balaban J connectivity index is 1.93. The van der Waals surface area contributed by atoms with E-state index >= 15 is 0 Å². The van der Waals surface area contributed by atoms with Gasteiger partial charge in [0.2, 0.25) is 0 Å². The first kappa shape index (κ1) is 12.6. The van der Waals surface area contributed by atoms with Crippen LogP contribution in [-0.4, -0.2) is 9.55 Å². The van der Waals surface area contributed by atoms with Gasteiger partial charge in [0.25, 0.3) is 0 Å². The van der Waals surface area contributed by atoms with Gasteiger partial charge in [-0.25, -0.2) is 0 Å². The molecule has 1 aromatic carbocycles. The van der Waals surface area contributed by atoms with Gasteiger partial charge in [-0.15, -0.1) is 0 Å². The monoisotopic (exact) mass is 276 g/mol. The van der Waals surface area contributed by atoms with Gasteiger partial charge in [-0.2, -0.15) is 0 Å². The molecule has 1 aliphatic rings. The molecule has 2 aromatic heterocycles. The van der Waals surface area contributed by atoms with Crippen LogP contribution in [-0.2, 0) is 0 Å². The van der Waals surface area contributed by atoms with Gasteiger partial charge in [-0.1, -0.05) is 24.3 Å². The number of pyridine rings is 1. The fourth-order valence-corrected chi connectivity index (χ4v) is 3.44. The second kappa shape index (κ2) is 4.73. The quantitative estimate of drug-likeness (QED) is 0.680. The van der Waals surface area contributed by atoms with Crippen LogP contribution < -0.4 is 0 Å². The standard InChI is InChI=1S/C19H20N2/c1-13-6-4-11-20-17(13)19(16-8-9-16)21-12-10-15-7-3-5-14(2)18(15)21/h3-7,10-12,16,19H,8-9H2,1-2H3/t19-/m1/s1. The zero-order chi connectivity index (χ0) is 14.4. The molecular formula is C19H20N2. The van der Waals surface area contributed by atoms with Crippen LogP contribution in [0.2, 0.25) is 0 Å². The summed E-state index contributed by atoms with van der Waals surface area (Å²) in [6.07, 6.45) is 6.80. The molecule has 0 N–H and O–H groups in total. The summed E-state index contributed by atoms with van der Waals surface area (Å²) in [5.74, 6) is 0.730. The van der Waals surface area contributed by atoms with Gasteiger partial charge in [0.15, 0.2) is 0 Å². The number of hydrogen-bond donors (Lipinski definition) is 0. The van der Waals surface area contributed by atoms with E-state index in [-0.39, 0.29) is 0 Å². The minimum Gasteiger partial charge on any atom is -0.338 e. The Morgan fingerprint density at radius 3 is 2.62 bits per heavy atom. The maximum atomic E-state index is 4.71. The van der Waals surface area contributed by atoms with Crippen LogP contribution in [0.1, 0.15) is 35.7 Å². The molecule has 1 atom stereocenters. The number of benzene rings is 1. The van der Waals surface area contributed by atoms with E-state index in [1.807, 2.05) is 12.3 Å². The first-order chi connectivity index (χ1) is 10.3. The highest BCUT2D eigenvalue weighted by Gasteiger charge is 2.35. The molecule has 0 bridgehead atoms. The lowest BCUT2D eigenvalue weighted by Gasteiger charge is -2.22. The topological polar surface area (TPSA) is 17.8 Å². The molecule has 1 saturated carbocycles. The second-order valence-electron chi connectivity index (χ2n) is 6.22. The minimum absolute atomic E-state index is 0.379. The molecule has 0 spiro atoms. The highest BCUT2D eigenvalue weighted by molar-refractivity contribution is 5.83. The van der Waals surface area contributed by atoms with E-state index in [0.29, 0.717) is 6.04 Å². The molecule has 4 rings (SSSR count). The van der Waals surface area contributed by atoms with E-state index < -0.39 is 0 Å². The highest BCUT2D eigenvalue weighted by atomic mass is 15.0. The molecule has 2 heterocycles. The number of hydrogen-bond acceptors (Lipinski definition) is 1. The van der Waals surface area contributed by atoms with Gasteiger partial charge >= 0.3 is 0 Å². The molecule has 0 amide bonds. The highest BCUT2D eigenvalue weighted by Crippen LogP contribution is 2.45. The van der Waals surface area contributed by atoms with E-state index in [2.05, 4.69) is 54.9 Å². The van der Waals surface area contributed by atoms with Crippen molar-refractivity contribution in [2.45, 2.75) is 32.7 Å². The molecular weight excluding hydrogens is 256 g/mol. The Bertz CT molecular complexity index is 796. The smallest absolute Gasteiger partial charge is 0.0788 e. The summed E-state index contributed by atoms with van der Waals surface area (Å²) in [4.78, 5) is 4.71. The van der Waals surface area contributed by atoms with Crippen molar-refractivity contribution < 1.29 is 0 Å². The molecule has 1 fully saturated rings. The molecule has 0 radical (unpaired) electrons. The summed E-state index contributed by atoms with van der Waals surface area (Å²) in [6.45, 7) is 4.38. The SMILES string of the molecule is Cc1cccnc1[C@@H](C1CC1)n1ccc2cccc(C)c21. The number of rotatable bonds is 3. The van der Waals surface area contributed by atoms with Crippen LogP contribution in [0.3, 0.4) is 0 Å². The van der Waals surface area contributed by atoms with Crippen LogP contribution in [0.25, 0.3) is 10.9 Å². The Kier molecular flexibility index (Phi) is 2.85. The summed E-state index contributed by atoms with van der Waals surface area (Å²) >= 11 is 0. The lowest BCUT2D eigenvalue weighted by atomic mass is 10.0. The third-order valence-electron chi connectivity index (χ3n) is 4.64. The normalized spacial score (nSPS) is 16.3. The van der Waals surface area contributed by atoms with Gasteiger partial charge < -0.3 is 4.57 Å². The lowest BCUT2D eigenvalue weighted by molar-refractivity contribution is 0.519. The lowest BCUT2D eigenvalue weighted by Crippen LogP contribution is -2.15.